The summed E-state index contributed by atoms with van der Waals surface area (Å²) < 4.78 is 0. The first-order valence-electron chi connectivity index (χ1n) is 2.55. The fourth-order valence-electron chi connectivity index (χ4n) is 0.826. The van der Waals surface area contributed by atoms with E-state index in [2.05, 4.69) is 13.8 Å². The van der Waals surface area contributed by atoms with Gasteiger partial charge in [0, 0.05) is 5.92 Å². The van der Waals surface area contributed by atoms with E-state index in [9.17, 15) is 0 Å². The zero-order chi connectivity index (χ0) is 5.44. The van der Waals surface area contributed by atoms with Crippen molar-refractivity contribution in [2.75, 3.05) is 6.61 Å². The lowest BCUT2D eigenvalue weighted by Crippen LogP contribution is -1.87. The van der Waals surface area contributed by atoms with Crippen molar-refractivity contribution in [1.82, 2.24) is 0 Å². The number of hydrogen-bond donors (Lipinski definition) is 1. The highest BCUT2D eigenvalue weighted by molar-refractivity contribution is 5.37. The summed E-state index contributed by atoms with van der Waals surface area (Å²) in [6.07, 6.45) is 0. The third-order valence-electron chi connectivity index (χ3n) is 1.77. The van der Waals surface area contributed by atoms with E-state index in [1.807, 2.05) is 0 Å². The van der Waals surface area contributed by atoms with E-state index in [0.29, 0.717) is 12.5 Å². The van der Waals surface area contributed by atoms with Gasteiger partial charge >= 0.3 is 0 Å². The van der Waals surface area contributed by atoms with Crippen molar-refractivity contribution < 1.29 is 5.11 Å². The van der Waals surface area contributed by atoms with E-state index in [4.69, 9.17) is 5.11 Å². The van der Waals surface area contributed by atoms with Crippen LogP contribution in [0.5, 0.6) is 0 Å². The van der Waals surface area contributed by atoms with Crippen LogP contribution in [0.3, 0.4) is 0 Å². The minimum absolute atomic E-state index is 0.317. The molecule has 0 aromatic heterocycles. The fourth-order valence-corrected chi connectivity index (χ4v) is 0.826. The first-order chi connectivity index (χ1) is 3.27. The normalized spacial score (nSPS) is 21.0. The van der Waals surface area contributed by atoms with E-state index >= 15 is 0 Å². The van der Waals surface area contributed by atoms with Crippen molar-refractivity contribution in [3.05, 3.63) is 11.1 Å². The van der Waals surface area contributed by atoms with Gasteiger partial charge in [0.1, 0.15) is 0 Å². The lowest BCUT2D eigenvalue weighted by Gasteiger charge is -1.84. The van der Waals surface area contributed by atoms with E-state index in [0.717, 1.165) is 0 Å². The molecular formula is C6H10O. The van der Waals surface area contributed by atoms with Crippen LogP contribution in [0.2, 0.25) is 0 Å². The first-order valence-corrected chi connectivity index (χ1v) is 2.55. The number of aliphatic hydroxyl groups is 1. The summed E-state index contributed by atoms with van der Waals surface area (Å²) in [5.74, 6) is 0.458. The molecular weight excluding hydrogens is 88.1 g/mol. The van der Waals surface area contributed by atoms with Crippen molar-refractivity contribution in [2.45, 2.75) is 13.8 Å². The Bertz CT molecular complexity index is 101. The zero-order valence-corrected chi connectivity index (χ0v) is 4.73. The van der Waals surface area contributed by atoms with Crippen molar-refractivity contribution in [2.24, 2.45) is 5.92 Å². The van der Waals surface area contributed by atoms with Gasteiger partial charge in [0.25, 0.3) is 0 Å². The molecule has 0 amide bonds. The Hall–Kier alpha value is -0.300. The van der Waals surface area contributed by atoms with E-state index in [1.54, 1.807) is 0 Å². The number of aliphatic hydroxyl groups excluding tert-OH is 1. The molecule has 0 fully saturated rings. The first kappa shape index (κ1) is 4.85. The topological polar surface area (TPSA) is 20.2 Å². The fraction of sp³-hybridized carbons (Fsp3) is 0.667. The molecule has 0 spiro atoms. The van der Waals surface area contributed by atoms with E-state index in [-0.39, 0.29) is 0 Å². The summed E-state index contributed by atoms with van der Waals surface area (Å²) in [6.45, 7) is 4.45. The van der Waals surface area contributed by atoms with Crippen LogP contribution in [0.1, 0.15) is 13.8 Å². The van der Waals surface area contributed by atoms with Gasteiger partial charge in [-0.05, 0) is 13.8 Å². The predicted octanol–water partition coefficient (Wildman–Crippen LogP) is 0.945. The van der Waals surface area contributed by atoms with Crippen LogP contribution in [-0.2, 0) is 0 Å². The smallest absolute Gasteiger partial charge is 0.0533 e. The lowest BCUT2D eigenvalue weighted by molar-refractivity contribution is 0.281. The number of rotatable bonds is 1. The quantitative estimate of drug-likeness (QED) is 0.484. The van der Waals surface area contributed by atoms with E-state index < -0.39 is 0 Å². The van der Waals surface area contributed by atoms with Gasteiger partial charge in [-0.3, -0.25) is 0 Å². The Kier molecular flexibility index (Phi) is 0.927. The van der Waals surface area contributed by atoms with E-state index in [1.165, 1.54) is 11.1 Å². The number of hydrogen-bond acceptors (Lipinski definition) is 1. The molecule has 1 aliphatic carbocycles. The summed E-state index contributed by atoms with van der Waals surface area (Å²) in [7, 11) is 0. The molecule has 0 heterocycles. The SMILES string of the molecule is CC1=C(C)C1CO. The van der Waals surface area contributed by atoms with Gasteiger partial charge in [-0.25, -0.2) is 0 Å². The molecule has 0 saturated carbocycles. The predicted molar refractivity (Wildman–Crippen MR) is 28.9 cm³/mol. The zero-order valence-electron chi connectivity index (χ0n) is 4.73. The molecule has 0 unspecified atom stereocenters. The summed E-state index contributed by atoms with van der Waals surface area (Å²) in [5.41, 5.74) is 2.75. The van der Waals surface area contributed by atoms with Crippen LogP contribution in [0.25, 0.3) is 0 Å². The second kappa shape index (κ2) is 1.34. The van der Waals surface area contributed by atoms with Crippen LogP contribution in [0, 0.1) is 5.92 Å². The maximum Gasteiger partial charge on any atom is 0.0533 e. The highest BCUT2D eigenvalue weighted by atomic mass is 16.3. The molecule has 1 N–H and O–H groups in total. The molecule has 1 heteroatoms. The summed E-state index contributed by atoms with van der Waals surface area (Å²) in [5, 5.41) is 8.51. The molecule has 1 rings (SSSR count). The summed E-state index contributed by atoms with van der Waals surface area (Å²) >= 11 is 0. The van der Waals surface area contributed by atoms with Crippen LogP contribution in [-0.4, -0.2) is 11.7 Å². The van der Waals surface area contributed by atoms with Crippen LogP contribution < -0.4 is 0 Å². The molecule has 40 valence electrons. The monoisotopic (exact) mass is 98.1 g/mol. The molecule has 1 nitrogen and oxygen atoms in total. The average molecular weight is 98.1 g/mol. The van der Waals surface area contributed by atoms with Crippen molar-refractivity contribution in [3.63, 3.8) is 0 Å². The van der Waals surface area contributed by atoms with Crippen LogP contribution in [0.15, 0.2) is 11.1 Å². The Labute approximate surface area is 43.7 Å². The second-order valence-corrected chi connectivity index (χ2v) is 2.10. The molecule has 0 atom stereocenters. The molecule has 1 aliphatic rings. The maximum atomic E-state index is 8.51. The van der Waals surface area contributed by atoms with Crippen LogP contribution >= 0.6 is 0 Å². The van der Waals surface area contributed by atoms with Gasteiger partial charge in [-0.15, -0.1) is 0 Å². The molecule has 0 aromatic carbocycles. The van der Waals surface area contributed by atoms with Crippen molar-refractivity contribution in [1.29, 1.82) is 0 Å². The van der Waals surface area contributed by atoms with Crippen LogP contribution in [0.4, 0.5) is 0 Å². The average Bonchev–Trinajstić information content (AvgIpc) is 2.17. The Morgan fingerprint density at radius 2 is 1.86 bits per heavy atom. The van der Waals surface area contributed by atoms with Gasteiger partial charge in [-0.2, -0.15) is 0 Å². The van der Waals surface area contributed by atoms with Gasteiger partial charge in [0.2, 0.25) is 0 Å². The molecule has 0 aromatic rings. The molecule has 0 bridgehead atoms. The van der Waals surface area contributed by atoms with Gasteiger partial charge in [-0.1, -0.05) is 11.1 Å². The summed E-state index contributed by atoms with van der Waals surface area (Å²) in [6, 6.07) is 0. The third kappa shape index (κ3) is 0.570. The third-order valence-corrected chi connectivity index (χ3v) is 1.77. The summed E-state index contributed by atoms with van der Waals surface area (Å²) in [4.78, 5) is 0. The van der Waals surface area contributed by atoms with Gasteiger partial charge in [0.05, 0.1) is 6.61 Å². The van der Waals surface area contributed by atoms with Gasteiger partial charge < -0.3 is 5.11 Å². The molecule has 0 aliphatic heterocycles. The molecule has 0 radical (unpaired) electrons. The Balaban J connectivity index is 2.37. The largest absolute Gasteiger partial charge is 0.395 e. The minimum atomic E-state index is 0.317. The highest BCUT2D eigenvalue weighted by Gasteiger charge is 2.26. The minimum Gasteiger partial charge on any atom is -0.395 e. The molecule has 0 saturated heterocycles. The Morgan fingerprint density at radius 1 is 1.43 bits per heavy atom. The molecule has 7 heavy (non-hydrogen) atoms. The van der Waals surface area contributed by atoms with Crippen molar-refractivity contribution in [3.8, 4) is 0 Å². The standard InChI is InChI=1S/C6H10O/c1-4-5(2)6(4)3-7/h6-7H,3H2,1-2H3. The second-order valence-electron chi connectivity index (χ2n) is 2.10. The van der Waals surface area contributed by atoms with Gasteiger partial charge in [0.15, 0.2) is 0 Å². The maximum absolute atomic E-state index is 8.51. The lowest BCUT2D eigenvalue weighted by atomic mass is 10.3. The Morgan fingerprint density at radius 3 is 1.86 bits per heavy atom. The highest BCUT2D eigenvalue weighted by Crippen LogP contribution is 2.36. The van der Waals surface area contributed by atoms with Crippen molar-refractivity contribution >= 4 is 0 Å².